The molecule has 1 aromatic carbocycles. The van der Waals surface area contributed by atoms with Crippen LogP contribution in [0.2, 0.25) is 0 Å². The normalized spacial score (nSPS) is 15.3. The van der Waals surface area contributed by atoms with Gasteiger partial charge in [-0.05, 0) is 50.5 Å². The van der Waals surface area contributed by atoms with Gasteiger partial charge in [-0.15, -0.1) is 0 Å². The number of halogens is 1. The fraction of sp³-hybridized carbons (Fsp3) is 0.412. The second-order valence-corrected chi connectivity index (χ2v) is 6.09. The highest BCUT2D eigenvalue weighted by molar-refractivity contribution is 5.61. The minimum atomic E-state index is -0.256. The first-order chi connectivity index (χ1) is 11.0. The molecule has 2 aromatic rings. The SMILES string of the molecule is Cc1cc(F)ccc1Nc1cc(C2CC2)nc(N[C@@H](C)CO)n1. The van der Waals surface area contributed by atoms with Gasteiger partial charge in [0.2, 0.25) is 5.95 Å². The Kier molecular flexibility index (Phi) is 4.43. The summed E-state index contributed by atoms with van der Waals surface area (Å²) in [5.41, 5.74) is 2.62. The Balaban J connectivity index is 1.87. The Bertz CT molecular complexity index is 703. The lowest BCUT2D eigenvalue weighted by Crippen LogP contribution is -2.21. The molecule has 0 unspecified atom stereocenters. The van der Waals surface area contributed by atoms with Crippen LogP contribution in [0.25, 0.3) is 0 Å². The third-order valence-corrected chi connectivity index (χ3v) is 3.84. The van der Waals surface area contributed by atoms with E-state index in [1.165, 1.54) is 12.1 Å². The van der Waals surface area contributed by atoms with Crippen molar-refractivity contribution in [3.8, 4) is 0 Å². The number of rotatable bonds is 6. The van der Waals surface area contributed by atoms with E-state index in [1.54, 1.807) is 6.07 Å². The molecule has 1 aromatic heterocycles. The largest absolute Gasteiger partial charge is 0.394 e. The van der Waals surface area contributed by atoms with Gasteiger partial charge in [0.05, 0.1) is 12.3 Å². The first-order valence-corrected chi connectivity index (χ1v) is 7.84. The Morgan fingerprint density at radius 1 is 1.30 bits per heavy atom. The molecule has 5 nitrogen and oxygen atoms in total. The Labute approximate surface area is 135 Å². The molecule has 0 spiro atoms. The molecule has 23 heavy (non-hydrogen) atoms. The van der Waals surface area contributed by atoms with Crippen molar-refractivity contribution in [2.45, 2.75) is 38.6 Å². The van der Waals surface area contributed by atoms with Crippen LogP contribution in [0.1, 0.15) is 36.9 Å². The topological polar surface area (TPSA) is 70.1 Å². The zero-order chi connectivity index (χ0) is 16.4. The molecule has 0 saturated heterocycles. The van der Waals surface area contributed by atoms with Gasteiger partial charge >= 0.3 is 0 Å². The maximum Gasteiger partial charge on any atom is 0.225 e. The smallest absolute Gasteiger partial charge is 0.225 e. The third kappa shape index (κ3) is 3.96. The highest BCUT2D eigenvalue weighted by Gasteiger charge is 2.26. The Hall–Kier alpha value is -2.21. The number of hydrogen-bond donors (Lipinski definition) is 3. The van der Waals surface area contributed by atoms with Crippen LogP contribution in [0.15, 0.2) is 24.3 Å². The standard InChI is InChI=1S/C17H21FN4O/c1-10-7-13(18)5-6-14(10)20-16-8-15(12-3-4-12)21-17(22-16)19-11(2)9-23/h5-8,11-12,23H,3-4,9H2,1-2H3,(H2,19,20,21,22)/t11-/m0/s1. The number of aromatic nitrogens is 2. The van der Waals surface area contributed by atoms with Crippen molar-refractivity contribution in [3.05, 3.63) is 41.3 Å². The van der Waals surface area contributed by atoms with Crippen molar-refractivity contribution < 1.29 is 9.50 Å². The molecule has 0 radical (unpaired) electrons. The molecule has 1 aliphatic carbocycles. The van der Waals surface area contributed by atoms with Gasteiger partial charge in [-0.3, -0.25) is 0 Å². The van der Waals surface area contributed by atoms with Crippen LogP contribution in [0.5, 0.6) is 0 Å². The molecule has 6 heteroatoms. The molecule has 3 N–H and O–H groups in total. The van der Waals surface area contributed by atoms with Gasteiger partial charge in [-0.25, -0.2) is 9.37 Å². The predicted molar refractivity (Wildman–Crippen MR) is 88.6 cm³/mol. The molecule has 122 valence electrons. The summed E-state index contributed by atoms with van der Waals surface area (Å²) < 4.78 is 13.2. The Morgan fingerprint density at radius 3 is 2.74 bits per heavy atom. The maximum atomic E-state index is 13.2. The summed E-state index contributed by atoms with van der Waals surface area (Å²) in [6.07, 6.45) is 2.28. The molecule has 0 amide bonds. The Morgan fingerprint density at radius 2 is 2.09 bits per heavy atom. The molecule has 0 bridgehead atoms. The zero-order valence-corrected chi connectivity index (χ0v) is 13.3. The van der Waals surface area contributed by atoms with Gasteiger partial charge in [0.1, 0.15) is 11.6 Å². The van der Waals surface area contributed by atoms with Crippen molar-refractivity contribution in [3.63, 3.8) is 0 Å². The van der Waals surface area contributed by atoms with Gasteiger partial charge in [-0.2, -0.15) is 4.98 Å². The third-order valence-electron chi connectivity index (χ3n) is 3.84. The zero-order valence-electron chi connectivity index (χ0n) is 13.3. The summed E-state index contributed by atoms with van der Waals surface area (Å²) in [6.45, 7) is 3.72. The average molecular weight is 316 g/mol. The van der Waals surface area contributed by atoms with Gasteiger partial charge in [0.25, 0.3) is 0 Å². The molecule has 1 fully saturated rings. The number of hydrogen-bond acceptors (Lipinski definition) is 5. The summed E-state index contributed by atoms with van der Waals surface area (Å²) in [4.78, 5) is 8.98. The fourth-order valence-corrected chi connectivity index (χ4v) is 2.35. The molecule has 1 saturated carbocycles. The van der Waals surface area contributed by atoms with E-state index in [2.05, 4.69) is 20.6 Å². The minimum Gasteiger partial charge on any atom is -0.394 e. The average Bonchev–Trinajstić information content (AvgIpc) is 3.34. The van der Waals surface area contributed by atoms with Crippen molar-refractivity contribution >= 4 is 17.5 Å². The number of benzene rings is 1. The monoisotopic (exact) mass is 316 g/mol. The van der Waals surface area contributed by atoms with E-state index in [0.29, 0.717) is 17.7 Å². The first kappa shape index (κ1) is 15.7. The van der Waals surface area contributed by atoms with Crippen LogP contribution in [0, 0.1) is 12.7 Å². The highest BCUT2D eigenvalue weighted by Crippen LogP contribution is 2.40. The lowest BCUT2D eigenvalue weighted by atomic mass is 10.2. The number of aryl methyl sites for hydroxylation is 1. The fourth-order valence-electron chi connectivity index (χ4n) is 2.35. The number of anilines is 3. The summed E-state index contributed by atoms with van der Waals surface area (Å²) in [7, 11) is 0. The molecule has 1 heterocycles. The number of aliphatic hydroxyl groups is 1. The summed E-state index contributed by atoms with van der Waals surface area (Å²) in [6, 6.07) is 6.43. The first-order valence-electron chi connectivity index (χ1n) is 7.84. The van der Waals surface area contributed by atoms with E-state index in [0.717, 1.165) is 29.8 Å². The minimum absolute atomic E-state index is 0.0108. The number of nitrogens with zero attached hydrogens (tertiary/aromatic N) is 2. The summed E-state index contributed by atoms with van der Waals surface area (Å²) in [5, 5.41) is 15.5. The van der Waals surface area contributed by atoms with Gasteiger partial charge in [0.15, 0.2) is 0 Å². The van der Waals surface area contributed by atoms with Crippen LogP contribution in [-0.2, 0) is 0 Å². The molecule has 3 rings (SSSR count). The van der Waals surface area contributed by atoms with E-state index in [-0.39, 0.29) is 18.5 Å². The van der Waals surface area contributed by atoms with Crippen LogP contribution in [-0.4, -0.2) is 27.7 Å². The molecule has 1 atom stereocenters. The number of aliphatic hydroxyl groups excluding tert-OH is 1. The predicted octanol–water partition coefficient (Wildman–Crippen LogP) is 3.34. The van der Waals surface area contributed by atoms with Gasteiger partial charge in [0, 0.05) is 23.7 Å². The van der Waals surface area contributed by atoms with Gasteiger partial charge in [-0.1, -0.05) is 0 Å². The van der Waals surface area contributed by atoms with E-state index >= 15 is 0 Å². The summed E-state index contributed by atoms with van der Waals surface area (Å²) >= 11 is 0. The molecular formula is C17H21FN4O. The molecular weight excluding hydrogens is 295 g/mol. The van der Waals surface area contributed by atoms with Crippen molar-refractivity contribution in [1.82, 2.24) is 9.97 Å². The van der Waals surface area contributed by atoms with Crippen molar-refractivity contribution in [1.29, 1.82) is 0 Å². The molecule has 0 aliphatic heterocycles. The van der Waals surface area contributed by atoms with E-state index in [9.17, 15) is 9.50 Å². The maximum absolute atomic E-state index is 13.2. The van der Waals surface area contributed by atoms with E-state index in [4.69, 9.17) is 0 Å². The van der Waals surface area contributed by atoms with Crippen LogP contribution in [0.3, 0.4) is 0 Å². The second kappa shape index (κ2) is 6.50. The lowest BCUT2D eigenvalue weighted by molar-refractivity contribution is 0.281. The lowest BCUT2D eigenvalue weighted by Gasteiger charge is -2.15. The van der Waals surface area contributed by atoms with E-state index in [1.807, 2.05) is 19.9 Å². The quantitative estimate of drug-likeness (QED) is 0.762. The number of nitrogens with one attached hydrogen (secondary N) is 2. The summed E-state index contributed by atoms with van der Waals surface area (Å²) in [5.74, 6) is 1.40. The van der Waals surface area contributed by atoms with Crippen LogP contribution < -0.4 is 10.6 Å². The second-order valence-electron chi connectivity index (χ2n) is 6.09. The van der Waals surface area contributed by atoms with Crippen LogP contribution >= 0.6 is 0 Å². The van der Waals surface area contributed by atoms with Crippen molar-refractivity contribution in [2.75, 3.05) is 17.2 Å². The highest BCUT2D eigenvalue weighted by atomic mass is 19.1. The van der Waals surface area contributed by atoms with Gasteiger partial charge < -0.3 is 15.7 Å². The van der Waals surface area contributed by atoms with E-state index < -0.39 is 0 Å². The molecule has 1 aliphatic rings. The van der Waals surface area contributed by atoms with Crippen LogP contribution in [0.4, 0.5) is 21.8 Å². The van der Waals surface area contributed by atoms with Crippen molar-refractivity contribution in [2.24, 2.45) is 0 Å².